The Kier molecular flexibility index (Phi) is 4.42. The zero-order valence-corrected chi connectivity index (χ0v) is 11.3. The van der Waals surface area contributed by atoms with Gasteiger partial charge in [-0.25, -0.2) is 13.8 Å². The molecule has 1 aromatic carbocycles. The molecule has 5 nitrogen and oxygen atoms in total. The van der Waals surface area contributed by atoms with Crippen molar-refractivity contribution >= 4 is 11.5 Å². The summed E-state index contributed by atoms with van der Waals surface area (Å²) >= 11 is 0. The van der Waals surface area contributed by atoms with Gasteiger partial charge in [0.05, 0.1) is 4.92 Å². The van der Waals surface area contributed by atoms with Crippen LogP contribution in [0.5, 0.6) is 0 Å². The SMILES string of the molecule is CCCNc1ccc([N+](=O)[O-])c(-c2cccc(F)c2F)n1. The molecule has 0 saturated carbocycles. The normalized spacial score (nSPS) is 10.4. The van der Waals surface area contributed by atoms with Gasteiger partial charge in [-0.2, -0.15) is 0 Å². The van der Waals surface area contributed by atoms with E-state index in [9.17, 15) is 18.9 Å². The minimum absolute atomic E-state index is 0.196. The average Bonchev–Trinajstić information content (AvgIpc) is 2.47. The molecule has 0 atom stereocenters. The van der Waals surface area contributed by atoms with E-state index in [1.54, 1.807) is 0 Å². The topological polar surface area (TPSA) is 68.1 Å². The van der Waals surface area contributed by atoms with Gasteiger partial charge in [0.15, 0.2) is 17.3 Å². The predicted molar refractivity (Wildman–Crippen MR) is 75.0 cm³/mol. The number of rotatable bonds is 5. The molecule has 2 aromatic rings. The van der Waals surface area contributed by atoms with Gasteiger partial charge >= 0.3 is 0 Å². The molecule has 1 aromatic heterocycles. The Labute approximate surface area is 119 Å². The van der Waals surface area contributed by atoms with Crippen LogP contribution in [0.15, 0.2) is 30.3 Å². The highest BCUT2D eigenvalue weighted by Gasteiger charge is 2.22. The lowest BCUT2D eigenvalue weighted by Crippen LogP contribution is -2.04. The number of benzene rings is 1. The first-order chi connectivity index (χ1) is 10.0. The Balaban J connectivity index is 2.57. The lowest BCUT2D eigenvalue weighted by Gasteiger charge is -2.08. The molecular weight excluding hydrogens is 280 g/mol. The number of halogens is 2. The first kappa shape index (κ1) is 14.8. The Hall–Kier alpha value is -2.57. The zero-order valence-electron chi connectivity index (χ0n) is 11.3. The lowest BCUT2D eigenvalue weighted by molar-refractivity contribution is -0.384. The van der Waals surface area contributed by atoms with Gasteiger partial charge in [0, 0.05) is 18.2 Å². The van der Waals surface area contributed by atoms with Gasteiger partial charge in [-0.05, 0) is 24.6 Å². The molecule has 7 heteroatoms. The second-order valence-corrected chi connectivity index (χ2v) is 4.35. The van der Waals surface area contributed by atoms with Crippen LogP contribution in [-0.4, -0.2) is 16.5 Å². The highest BCUT2D eigenvalue weighted by Crippen LogP contribution is 2.31. The first-order valence-electron chi connectivity index (χ1n) is 6.38. The van der Waals surface area contributed by atoms with E-state index in [1.807, 2.05) is 6.92 Å². The van der Waals surface area contributed by atoms with Crippen LogP contribution in [0.4, 0.5) is 20.3 Å². The Morgan fingerprint density at radius 3 is 2.71 bits per heavy atom. The van der Waals surface area contributed by atoms with Crippen molar-refractivity contribution in [1.29, 1.82) is 0 Å². The van der Waals surface area contributed by atoms with Gasteiger partial charge in [-0.1, -0.05) is 13.0 Å². The van der Waals surface area contributed by atoms with Crippen LogP contribution in [-0.2, 0) is 0 Å². The van der Waals surface area contributed by atoms with Crippen molar-refractivity contribution in [3.63, 3.8) is 0 Å². The van der Waals surface area contributed by atoms with Crippen molar-refractivity contribution in [1.82, 2.24) is 4.98 Å². The van der Waals surface area contributed by atoms with E-state index in [0.717, 1.165) is 12.5 Å². The molecule has 0 aliphatic carbocycles. The minimum Gasteiger partial charge on any atom is -0.370 e. The van der Waals surface area contributed by atoms with E-state index >= 15 is 0 Å². The maximum atomic E-state index is 13.9. The fraction of sp³-hybridized carbons (Fsp3) is 0.214. The maximum Gasteiger partial charge on any atom is 0.295 e. The molecule has 2 rings (SSSR count). The quantitative estimate of drug-likeness (QED) is 0.673. The van der Waals surface area contributed by atoms with Crippen LogP contribution in [0.25, 0.3) is 11.3 Å². The molecule has 0 amide bonds. The van der Waals surface area contributed by atoms with E-state index < -0.39 is 16.6 Å². The second-order valence-electron chi connectivity index (χ2n) is 4.35. The van der Waals surface area contributed by atoms with Gasteiger partial charge < -0.3 is 5.32 Å². The van der Waals surface area contributed by atoms with E-state index in [-0.39, 0.29) is 16.9 Å². The van der Waals surface area contributed by atoms with Crippen LogP contribution in [0.1, 0.15) is 13.3 Å². The fourth-order valence-corrected chi connectivity index (χ4v) is 1.84. The van der Waals surface area contributed by atoms with Gasteiger partial charge in [0.25, 0.3) is 5.69 Å². The third-order valence-corrected chi connectivity index (χ3v) is 2.83. The third-order valence-electron chi connectivity index (χ3n) is 2.83. The summed E-state index contributed by atoms with van der Waals surface area (Å²) in [6, 6.07) is 6.16. The molecule has 110 valence electrons. The molecule has 0 fully saturated rings. The van der Waals surface area contributed by atoms with Gasteiger partial charge in [0.1, 0.15) is 5.82 Å². The predicted octanol–water partition coefficient (Wildman–Crippen LogP) is 3.76. The summed E-state index contributed by atoms with van der Waals surface area (Å²) in [5.41, 5.74) is -0.804. The molecule has 0 bridgehead atoms. The number of aromatic nitrogens is 1. The summed E-state index contributed by atoms with van der Waals surface area (Å²) in [5, 5.41) is 14.0. The van der Waals surface area contributed by atoms with Gasteiger partial charge in [0.2, 0.25) is 0 Å². The average molecular weight is 293 g/mol. The minimum atomic E-state index is -1.15. The number of hydrogen-bond acceptors (Lipinski definition) is 4. The second kappa shape index (κ2) is 6.25. The van der Waals surface area contributed by atoms with Crippen molar-refractivity contribution in [2.75, 3.05) is 11.9 Å². The lowest BCUT2D eigenvalue weighted by atomic mass is 10.1. The Morgan fingerprint density at radius 1 is 1.29 bits per heavy atom. The molecule has 0 unspecified atom stereocenters. The molecule has 0 aliphatic rings. The molecular formula is C14H13F2N3O2. The number of pyridine rings is 1. The number of hydrogen-bond donors (Lipinski definition) is 1. The number of nitrogens with zero attached hydrogens (tertiary/aromatic N) is 2. The zero-order chi connectivity index (χ0) is 15.4. The maximum absolute atomic E-state index is 13.9. The van der Waals surface area contributed by atoms with Crippen molar-refractivity contribution in [3.05, 3.63) is 52.1 Å². The van der Waals surface area contributed by atoms with E-state index in [2.05, 4.69) is 10.3 Å². The number of anilines is 1. The monoisotopic (exact) mass is 293 g/mol. The molecule has 1 heterocycles. The first-order valence-corrected chi connectivity index (χ1v) is 6.38. The van der Waals surface area contributed by atoms with Crippen LogP contribution < -0.4 is 5.32 Å². The van der Waals surface area contributed by atoms with Crippen molar-refractivity contribution in [2.45, 2.75) is 13.3 Å². The van der Waals surface area contributed by atoms with Crippen LogP contribution >= 0.6 is 0 Å². The van der Waals surface area contributed by atoms with Crippen LogP contribution in [0, 0.1) is 21.7 Å². The Bertz CT molecular complexity index is 677. The number of nitro groups is 1. The summed E-state index contributed by atoms with van der Waals surface area (Å²) in [6.07, 6.45) is 0.836. The molecule has 0 aliphatic heterocycles. The molecule has 0 spiro atoms. The number of nitrogens with one attached hydrogen (secondary N) is 1. The standard InChI is InChI=1S/C14H13F2N3O2/c1-2-8-17-12-7-6-11(19(20)21)14(18-12)9-4-3-5-10(15)13(9)16/h3-7H,2,8H2,1H3,(H,17,18). The largest absolute Gasteiger partial charge is 0.370 e. The Morgan fingerprint density at radius 2 is 2.05 bits per heavy atom. The molecule has 0 saturated heterocycles. The summed E-state index contributed by atoms with van der Waals surface area (Å²) in [7, 11) is 0. The summed E-state index contributed by atoms with van der Waals surface area (Å²) in [5.74, 6) is -1.85. The van der Waals surface area contributed by atoms with Crippen molar-refractivity contribution in [3.8, 4) is 11.3 Å². The molecule has 1 N–H and O–H groups in total. The van der Waals surface area contributed by atoms with Gasteiger partial charge in [-0.3, -0.25) is 10.1 Å². The fourth-order valence-electron chi connectivity index (χ4n) is 1.84. The van der Waals surface area contributed by atoms with Crippen molar-refractivity contribution < 1.29 is 13.7 Å². The van der Waals surface area contributed by atoms with E-state index in [4.69, 9.17) is 0 Å². The van der Waals surface area contributed by atoms with E-state index in [0.29, 0.717) is 12.4 Å². The van der Waals surface area contributed by atoms with Crippen LogP contribution in [0.3, 0.4) is 0 Å². The highest BCUT2D eigenvalue weighted by molar-refractivity contribution is 5.71. The highest BCUT2D eigenvalue weighted by atomic mass is 19.2. The van der Waals surface area contributed by atoms with E-state index in [1.165, 1.54) is 24.3 Å². The summed E-state index contributed by atoms with van der Waals surface area (Å²) < 4.78 is 27.2. The third kappa shape index (κ3) is 3.13. The molecule has 0 radical (unpaired) electrons. The van der Waals surface area contributed by atoms with Crippen LogP contribution in [0.2, 0.25) is 0 Å². The molecule has 21 heavy (non-hydrogen) atoms. The summed E-state index contributed by atoms with van der Waals surface area (Å²) in [4.78, 5) is 14.4. The summed E-state index contributed by atoms with van der Waals surface area (Å²) in [6.45, 7) is 2.57. The van der Waals surface area contributed by atoms with Gasteiger partial charge in [-0.15, -0.1) is 0 Å². The smallest absolute Gasteiger partial charge is 0.295 e. The van der Waals surface area contributed by atoms with Crippen molar-refractivity contribution in [2.24, 2.45) is 0 Å².